The van der Waals surface area contributed by atoms with E-state index in [1.54, 1.807) is 10.7 Å². The minimum absolute atomic E-state index is 0.312. The zero-order valence-electron chi connectivity index (χ0n) is 12.9. The van der Waals surface area contributed by atoms with E-state index in [9.17, 15) is 9.18 Å². The highest BCUT2D eigenvalue weighted by Crippen LogP contribution is 2.15. The number of nitrogens with one attached hydrogen (secondary N) is 1. The molecule has 0 spiro atoms. The Morgan fingerprint density at radius 1 is 1.04 bits per heavy atom. The molecule has 0 saturated heterocycles. The Balaban J connectivity index is 1.83. The van der Waals surface area contributed by atoms with E-state index < -0.39 is 0 Å². The van der Waals surface area contributed by atoms with Crippen molar-refractivity contribution in [2.45, 2.75) is 13.8 Å². The monoisotopic (exact) mass is 309 g/mol. The normalized spacial score (nSPS) is 10.6. The number of amides is 1. The van der Waals surface area contributed by atoms with Gasteiger partial charge in [0.05, 0.1) is 5.69 Å². The molecule has 3 rings (SSSR count). The van der Waals surface area contributed by atoms with Gasteiger partial charge in [0.1, 0.15) is 5.82 Å². The van der Waals surface area contributed by atoms with Gasteiger partial charge in [0.2, 0.25) is 0 Å². The van der Waals surface area contributed by atoms with Crippen LogP contribution in [0.15, 0.2) is 54.6 Å². The van der Waals surface area contributed by atoms with Crippen LogP contribution < -0.4 is 5.32 Å². The zero-order chi connectivity index (χ0) is 16.4. The molecule has 1 amide bonds. The van der Waals surface area contributed by atoms with Crippen molar-refractivity contribution in [2.24, 2.45) is 0 Å². The summed E-state index contributed by atoms with van der Waals surface area (Å²) in [4.78, 5) is 12.3. The fraction of sp³-hybridized carbons (Fsp3) is 0.111. The molecule has 1 heterocycles. The topological polar surface area (TPSA) is 46.9 Å². The van der Waals surface area contributed by atoms with Crippen molar-refractivity contribution < 1.29 is 9.18 Å². The molecule has 1 N–H and O–H groups in total. The molecule has 0 aliphatic rings. The minimum Gasteiger partial charge on any atom is -0.321 e. The average molecular weight is 309 g/mol. The number of hydrogen-bond donors (Lipinski definition) is 1. The molecule has 0 aliphatic carbocycles. The first kappa shape index (κ1) is 15.0. The van der Waals surface area contributed by atoms with Crippen LogP contribution in [0, 0.1) is 19.7 Å². The lowest BCUT2D eigenvalue weighted by Gasteiger charge is -2.04. The van der Waals surface area contributed by atoms with Gasteiger partial charge in [-0.1, -0.05) is 17.7 Å². The molecule has 0 bridgehead atoms. The Labute approximate surface area is 133 Å². The Hall–Kier alpha value is -2.95. The largest absolute Gasteiger partial charge is 0.321 e. The summed E-state index contributed by atoms with van der Waals surface area (Å²) >= 11 is 0. The van der Waals surface area contributed by atoms with Crippen molar-refractivity contribution in [1.82, 2.24) is 9.78 Å². The van der Waals surface area contributed by atoms with E-state index in [2.05, 4.69) is 10.4 Å². The number of nitrogens with zero attached hydrogens (tertiary/aromatic N) is 2. The predicted molar refractivity (Wildman–Crippen MR) is 87.4 cm³/mol. The molecule has 3 aromatic rings. The smallest absolute Gasteiger partial charge is 0.276 e. The van der Waals surface area contributed by atoms with E-state index in [1.807, 2.05) is 38.1 Å². The highest BCUT2D eigenvalue weighted by Gasteiger charge is 2.13. The minimum atomic E-state index is -0.345. The highest BCUT2D eigenvalue weighted by atomic mass is 19.1. The maximum Gasteiger partial charge on any atom is 0.276 e. The molecule has 23 heavy (non-hydrogen) atoms. The van der Waals surface area contributed by atoms with Gasteiger partial charge in [0.15, 0.2) is 5.69 Å². The zero-order valence-corrected chi connectivity index (χ0v) is 12.9. The van der Waals surface area contributed by atoms with Crippen LogP contribution in [-0.2, 0) is 0 Å². The molecule has 5 heteroatoms. The van der Waals surface area contributed by atoms with Gasteiger partial charge in [-0.05, 0) is 56.3 Å². The molecular weight excluding hydrogens is 293 g/mol. The second-order valence-electron chi connectivity index (χ2n) is 5.38. The van der Waals surface area contributed by atoms with Crippen molar-refractivity contribution in [3.63, 3.8) is 0 Å². The molecule has 0 radical (unpaired) electrons. The first-order chi connectivity index (χ1) is 11.0. The number of rotatable bonds is 3. The second kappa shape index (κ2) is 6.04. The average Bonchev–Trinajstić information content (AvgIpc) is 2.92. The Morgan fingerprint density at radius 2 is 1.70 bits per heavy atom. The predicted octanol–water partition coefficient (Wildman–Crippen LogP) is 3.88. The number of carbonyl (C=O) groups excluding carboxylic acids is 1. The van der Waals surface area contributed by atoms with Crippen LogP contribution in [0.4, 0.5) is 10.1 Å². The summed E-state index contributed by atoms with van der Waals surface area (Å²) in [6.45, 7) is 3.91. The number of carbonyl (C=O) groups is 1. The highest BCUT2D eigenvalue weighted by molar-refractivity contribution is 6.02. The van der Waals surface area contributed by atoms with E-state index >= 15 is 0 Å². The number of hydrogen-bond acceptors (Lipinski definition) is 2. The number of aryl methyl sites for hydroxylation is 2. The lowest BCUT2D eigenvalue weighted by Crippen LogP contribution is -2.13. The lowest BCUT2D eigenvalue weighted by molar-refractivity contribution is 0.102. The molecule has 1 aromatic heterocycles. The van der Waals surface area contributed by atoms with Gasteiger partial charge in [0, 0.05) is 11.4 Å². The summed E-state index contributed by atoms with van der Waals surface area (Å²) in [5.74, 6) is -0.673. The molecule has 2 aromatic carbocycles. The molecule has 0 unspecified atom stereocenters. The third-order valence-electron chi connectivity index (χ3n) is 3.50. The van der Waals surface area contributed by atoms with Crippen molar-refractivity contribution >= 4 is 11.6 Å². The summed E-state index contributed by atoms with van der Waals surface area (Å²) in [5, 5.41) is 7.06. The quantitative estimate of drug-likeness (QED) is 0.798. The van der Waals surface area contributed by atoms with Crippen LogP contribution in [-0.4, -0.2) is 15.7 Å². The third kappa shape index (κ3) is 3.29. The van der Waals surface area contributed by atoms with Gasteiger partial charge in [-0.2, -0.15) is 5.10 Å². The Morgan fingerprint density at radius 3 is 2.35 bits per heavy atom. The fourth-order valence-electron chi connectivity index (χ4n) is 2.26. The van der Waals surface area contributed by atoms with Crippen LogP contribution in [0.2, 0.25) is 0 Å². The Kier molecular flexibility index (Phi) is 3.93. The van der Waals surface area contributed by atoms with E-state index in [0.717, 1.165) is 16.9 Å². The first-order valence-corrected chi connectivity index (χ1v) is 7.23. The summed E-state index contributed by atoms with van der Waals surface area (Å²) in [6, 6.07) is 15.2. The molecular formula is C18H16FN3O. The van der Waals surface area contributed by atoms with E-state index in [0.29, 0.717) is 11.4 Å². The summed E-state index contributed by atoms with van der Waals surface area (Å²) < 4.78 is 14.6. The van der Waals surface area contributed by atoms with Crippen molar-refractivity contribution in [3.8, 4) is 5.69 Å². The number of halogens is 1. The third-order valence-corrected chi connectivity index (χ3v) is 3.50. The van der Waals surface area contributed by atoms with Crippen LogP contribution in [0.5, 0.6) is 0 Å². The molecule has 0 saturated carbocycles. The van der Waals surface area contributed by atoms with Gasteiger partial charge >= 0.3 is 0 Å². The molecule has 116 valence electrons. The van der Waals surface area contributed by atoms with Gasteiger partial charge in [-0.25, -0.2) is 9.07 Å². The van der Waals surface area contributed by atoms with Crippen LogP contribution in [0.3, 0.4) is 0 Å². The maximum absolute atomic E-state index is 12.9. The van der Waals surface area contributed by atoms with E-state index in [1.165, 1.54) is 24.3 Å². The van der Waals surface area contributed by atoms with Gasteiger partial charge < -0.3 is 5.32 Å². The first-order valence-electron chi connectivity index (χ1n) is 7.23. The standard InChI is InChI=1S/C18H16FN3O/c1-12-3-9-16(10-4-12)22-13(2)11-17(21-22)18(23)20-15-7-5-14(19)6-8-15/h3-11H,1-2H3,(H,20,23). The molecule has 0 atom stereocenters. The summed E-state index contributed by atoms with van der Waals surface area (Å²) in [7, 11) is 0. The van der Waals surface area contributed by atoms with Crippen LogP contribution in [0.25, 0.3) is 5.69 Å². The maximum atomic E-state index is 12.9. The van der Waals surface area contributed by atoms with Crippen molar-refractivity contribution in [2.75, 3.05) is 5.32 Å². The summed E-state index contributed by atoms with van der Waals surface area (Å²) in [6.07, 6.45) is 0. The Bertz CT molecular complexity index is 836. The number of aromatic nitrogens is 2. The van der Waals surface area contributed by atoms with E-state index in [4.69, 9.17) is 0 Å². The fourth-order valence-corrected chi connectivity index (χ4v) is 2.26. The number of anilines is 1. The van der Waals surface area contributed by atoms with Crippen LogP contribution >= 0.6 is 0 Å². The van der Waals surface area contributed by atoms with Gasteiger partial charge in [-0.3, -0.25) is 4.79 Å². The van der Waals surface area contributed by atoms with Crippen LogP contribution in [0.1, 0.15) is 21.7 Å². The van der Waals surface area contributed by atoms with E-state index in [-0.39, 0.29) is 11.7 Å². The van der Waals surface area contributed by atoms with Crippen molar-refractivity contribution in [1.29, 1.82) is 0 Å². The molecule has 0 fully saturated rings. The molecule has 4 nitrogen and oxygen atoms in total. The number of benzene rings is 2. The van der Waals surface area contributed by atoms with Gasteiger partial charge in [-0.15, -0.1) is 0 Å². The summed E-state index contributed by atoms with van der Waals surface area (Å²) in [5.41, 5.74) is 3.76. The SMILES string of the molecule is Cc1ccc(-n2nc(C(=O)Nc3ccc(F)cc3)cc2C)cc1. The second-order valence-corrected chi connectivity index (χ2v) is 5.38. The molecule has 0 aliphatic heterocycles. The lowest BCUT2D eigenvalue weighted by atomic mass is 10.2. The van der Waals surface area contributed by atoms with Gasteiger partial charge in [0.25, 0.3) is 5.91 Å². The van der Waals surface area contributed by atoms with Crippen molar-refractivity contribution in [3.05, 3.63) is 77.4 Å².